The van der Waals surface area contributed by atoms with Gasteiger partial charge in [-0.25, -0.2) is 4.98 Å². The van der Waals surface area contributed by atoms with Gasteiger partial charge in [-0.2, -0.15) is 0 Å². The highest BCUT2D eigenvalue weighted by Gasteiger charge is 2.36. The van der Waals surface area contributed by atoms with E-state index in [-0.39, 0.29) is 28.9 Å². The van der Waals surface area contributed by atoms with Crippen LogP contribution in [0.4, 0.5) is 5.95 Å². The number of hydrogen-bond acceptors (Lipinski definition) is 6. The van der Waals surface area contributed by atoms with Crippen LogP contribution in [-0.4, -0.2) is 44.5 Å². The lowest BCUT2D eigenvalue weighted by Crippen LogP contribution is -2.44. The molecule has 0 saturated heterocycles. The molecule has 2 amide bonds. The van der Waals surface area contributed by atoms with Crippen molar-refractivity contribution in [1.29, 1.82) is 0 Å². The maximum absolute atomic E-state index is 12.1. The summed E-state index contributed by atoms with van der Waals surface area (Å²) < 4.78 is 0. The Labute approximate surface area is 158 Å². The van der Waals surface area contributed by atoms with Crippen LogP contribution in [0.5, 0.6) is 0 Å². The van der Waals surface area contributed by atoms with Crippen LogP contribution in [0.1, 0.15) is 6.92 Å². The predicted molar refractivity (Wildman–Crippen MR) is 106 cm³/mol. The Kier molecular flexibility index (Phi) is 4.73. The van der Waals surface area contributed by atoms with Gasteiger partial charge in [0.25, 0.3) is 0 Å². The van der Waals surface area contributed by atoms with Crippen LogP contribution in [0.25, 0.3) is 11.0 Å². The maximum Gasteiger partial charge on any atom is 0.236 e. The fourth-order valence-corrected chi connectivity index (χ4v) is 4.69. The lowest BCUT2D eigenvalue weighted by molar-refractivity contribution is -0.122. The molecule has 3 N–H and O–H groups in total. The first-order valence-electron chi connectivity index (χ1n) is 8.13. The number of benzene rings is 1. The molecular weight excluding hydrogens is 370 g/mol. The van der Waals surface area contributed by atoms with E-state index in [1.807, 2.05) is 37.3 Å². The summed E-state index contributed by atoms with van der Waals surface area (Å²) in [6.07, 6.45) is 1.96. The number of hydrogen-bond donors (Lipinski definition) is 3. The number of amidine groups is 1. The van der Waals surface area contributed by atoms with Gasteiger partial charge in [-0.05, 0) is 24.0 Å². The zero-order chi connectivity index (χ0) is 18.1. The average Bonchev–Trinajstić information content (AvgIpc) is 3.17. The molecule has 0 radical (unpaired) electrons. The number of carbonyl (C=O) groups is 2. The standard InChI is InChI=1S/C17H17N5O2S2/c1-9-6-10-15(24)20-13(21-16(10)26-9)7-25-8-14(23)22-17-18-11-4-2-3-5-12(11)19-17/h2-6,10,16H,7-8H2,1H3,(H,20,21,24)(H2,18,19,22,23)/t10-,16-/m0/s1. The number of amides is 2. The number of allylic oxidation sites excluding steroid dienone is 1. The van der Waals surface area contributed by atoms with E-state index in [1.165, 1.54) is 11.8 Å². The van der Waals surface area contributed by atoms with Gasteiger partial charge in [0, 0.05) is 0 Å². The summed E-state index contributed by atoms with van der Waals surface area (Å²) >= 11 is 3.02. The molecule has 2 aliphatic rings. The first kappa shape index (κ1) is 17.2. The number of para-hydroxylation sites is 2. The SMILES string of the molecule is CC1=C[C@H]2C(=O)NC(CSCC(=O)Nc3nc4ccccc4[nH]3)=N[C@H]2S1. The second-order valence-corrected chi connectivity index (χ2v) is 8.37. The Morgan fingerprint density at radius 2 is 2.23 bits per heavy atom. The molecule has 0 saturated carbocycles. The number of nitrogens with zero attached hydrogens (tertiary/aromatic N) is 2. The zero-order valence-electron chi connectivity index (χ0n) is 14.0. The third-order valence-electron chi connectivity index (χ3n) is 4.00. The molecule has 0 spiro atoms. The molecule has 2 aromatic rings. The van der Waals surface area contributed by atoms with Crippen molar-refractivity contribution in [1.82, 2.24) is 15.3 Å². The van der Waals surface area contributed by atoms with Gasteiger partial charge in [-0.3, -0.25) is 19.9 Å². The van der Waals surface area contributed by atoms with E-state index in [0.29, 0.717) is 17.5 Å². The van der Waals surface area contributed by atoms with Gasteiger partial charge in [0.05, 0.1) is 28.5 Å². The molecule has 1 aromatic carbocycles. The summed E-state index contributed by atoms with van der Waals surface area (Å²) in [5.41, 5.74) is 1.68. The molecule has 0 unspecified atom stereocenters. The number of aromatic amines is 1. The van der Waals surface area contributed by atoms with E-state index in [0.717, 1.165) is 15.9 Å². The van der Waals surface area contributed by atoms with Crippen molar-refractivity contribution in [2.75, 3.05) is 16.8 Å². The highest BCUT2D eigenvalue weighted by Crippen LogP contribution is 2.38. The molecule has 0 aliphatic carbocycles. The van der Waals surface area contributed by atoms with Crippen molar-refractivity contribution < 1.29 is 9.59 Å². The predicted octanol–water partition coefficient (Wildman–Crippen LogP) is 2.36. The Balaban J connectivity index is 1.28. The normalized spacial score (nSPS) is 21.8. The van der Waals surface area contributed by atoms with E-state index >= 15 is 0 Å². The number of thioether (sulfide) groups is 2. The second kappa shape index (κ2) is 7.16. The number of H-pyrrole nitrogens is 1. The molecule has 134 valence electrons. The Morgan fingerprint density at radius 1 is 1.38 bits per heavy atom. The van der Waals surface area contributed by atoms with Gasteiger partial charge in [-0.15, -0.1) is 23.5 Å². The molecule has 7 nitrogen and oxygen atoms in total. The number of imidazole rings is 1. The van der Waals surface area contributed by atoms with Gasteiger partial charge in [-0.1, -0.05) is 18.2 Å². The fraction of sp³-hybridized carbons (Fsp3) is 0.294. The van der Waals surface area contributed by atoms with Crippen molar-refractivity contribution in [2.45, 2.75) is 12.3 Å². The molecule has 0 bridgehead atoms. The van der Waals surface area contributed by atoms with Gasteiger partial charge in [0.1, 0.15) is 11.2 Å². The lowest BCUT2D eigenvalue weighted by Gasteiger charge is -2.22. The third kappa shape index (κ3) is 3.63. The molecule has 1 aromatic heterocycles. The molecule has 2 aliphatic heterocycles. The number of carbonyl (C=O) groups excluding carboxylic acids is 2. The Hall–Kier alpha value is -2.26. The van der Waals surface area contributed by atoms with Crippen molar-refractivity contribution in [3.05, 3.63) is 35.2 Å². The summed E-state index contributed by atoms with van der Waals surface area (Å²) in [6, 6.07) is 7.59. The second-order valence-electron chi connectivity index (χ2n) is 6.02. The van der Waals surface area contributed by atoms with Crippen LogP contribution < -0.4 is 10.6 Å². The van der Waals surface area contributed by atoms with Crippen molar-refractivity contribution in [2.24, 2.45) is 10.9 Å². The van der Waals surface area contributed by atoms with Gasteiger partial charge in [0.2, 0.25) is 17.8 Å². The monoisotopic (exact) mass is 387 g/mol. The number of fused-ring (bicyclic) bond motifs is 2. The molecule has 26 heavy (non-hydrogen) atoms. The van der Waals surface area contributed by atoms with Gasteiger partial charge in [0.15, 0.2) is 0 Å². The smallest absolute Gasteiger partial charge is 0.236 e. The summed E-state index contributed by atoms with van der Waals surface area (Å²) in [5.74, 6) is 1.47. The van der Waals surface area contributed by atoms with Gasteiger partial charge >= 0.3 is 0 Å². The third-order valence-corrected chi connectivity index (χ3v) is 6.09. The van der Waals surface area contributed by atoms with E-state index in [2.05, 4.69) is 25.6 Å². The van der Waals surface area contributed by atoms with E-state index in [1.54, 1.807) is 11.8 Å². The summed E-state index contributed by atoms with van der Waals surface area (Å²) in [4.78, 5) is 37.3. The minimum absolute atomic E-state index is 0.0170. The number of aliphatic imine (C=N–C) groups is 1. The van der Waals surface area contributed by atoms with Crippen LogP contribution in [0.3, 0.4) is 0 Å². The van der Waals surface area contributed by atoms with Crippen molar-refractivity contribution >= 4 is 58.2 Å². The Morgan fingerprint density at radius 3 is 3.08 bits per heavy atom. The highest BCUT2D eigenvalue weighted by molar-refractivity contribution is 8.04. The van der Waals surface area contributed by atoms with Crippen LogP contribution >= 0.6 is 23.5 Å². The van der Waals surface area contributed by atoms with Crippen LogP contribution in [0.2, 0.25) is 0 Å². The minimum Gasteiger partial charge on any atom is -0.324 e. The first-order chi connectivity index (χ1) is 12.6. The number of nitrogens with one attached hydrogen (secondary N) is 3. The van der Waals surface area contributed by atoms with Crippen LogP contribution in [-0.2, 0) is 9.59 Å². The Bertz CT molecular complexity index is 903. The zero-order valence-corrected chi connectivity index (χ0v) is 15.6. The molecule has 3 heterocycles. The van der Waals surface area contributed by atoms with Crippen LogP contribution in [0, 0.1) is 5.92 Å². The minimum atomic E-state index is -0.176. The summed E-state index contributed by atoms with van der Waals surface area (Å²) in [7, 11) is 0. The largest absolute Gasteiger partial charge is 0.324 e. The maximum atomic E-state index is 12.1. The fourth-order valence-electron chi connectivity index (χ4n) is 2.86. The number of aromatic nitrogens is 2. The lowest BCUT2D eigenvalue weighted by atomic mass is 10.1. The average molecular weight is 387 g/mol. The van der Waals surface area contributed by atoms with Gasteiger partial charge < -0.3 is 10.3 Å². The van der Waals surface area contributed by atoms with Crippen molar-refractivity contribution in [3.8, 4) is 0 Å². The first-order valence-corrected chi connectivity index (χ1v) is 10.2. The molecule has 2 atom stereocenters. The molecule has 4 rings (SSSR count). The molecular formula is C17H17N5O2S2. The van der Waals surface area contributed by atoms with E-state index < -0.39 is 0 Å². The summed E-state index contributed by atoms with van der Waals surface area (Å²) in [6.45, 7) is 1.99. The topological polar surface area (TPSA) is 99.2 Å². The summed E-state index contributed by atoms with van der Waals surface area (Å²) in [5, 5.41) is 5.52. The quantitative estimate of drug-likeness (QED) is 0.731. The van der Waals surface area contributed by atoms with Crippen molar-refractivity contribution in [3.63, 3.8) is 0 Å². The highest BCUT2D eigenvalue weighted by atomic mass is 32.2. The van der Waals surface area contributed by atoms with Crippen LogP contribution in [0.15, 0.2) is 40.2 Å². The van der Waals surface area contributed by atoms with E-state index in [9.17, 15) is 9.59 Å². The molecule has 0 fully saturated rings. The molecule has 9 heteroatoms. The van der Waals surface area contributed by atoms with E-state index in [4.69, 9.17) is 0 Å². The number of anilines is 1. The number of rotatable bonds is 5.